The molecular formula is C18H15N5O. The van der Waals surface area contributed by atoms with E-state index in [9.17, 15) is 4.79 Å². The van der Waals surface area contributed by atoms with Crippen molar-refractivity contribution < 1.29 is 0 Å². The lowest BCUT2D eigenvalue weighted by Crippen LogP contribution is -2.26. The average Bonchev–Trinajstić information content (AvgIpc) is 3.12. The first-order valence-corrected chi connectivity index (χ1v) is 7.75. The summed E-state index contributed by atoms with van der Waals surface area (Å²) in [5.41, 5.74) is 3.04. The van der Waals surface area contributed by atoms with E-state index in [1.165, 1.54) is 4.68 Å². The molecule has 0 N–H and O–H groups in total. The van der Waals surface area contributed by atoms with Crippen LogP contribution in [0.4, 0.5) is 0 Å². The molecule has 0 unspecified atom stereocenters. The Morgan fingerprint density at radius 3 is 2.54 bits per heavy atom. The normalized spacial score (nSPS) is 11.0. The molecule has 4 rings (SSSR count). The topological polar surface area (TPSA) is 65.6 Å². The number of fused-ring (bicyclic) bond motifs is 1. The molecule has 0 bridgehead atoms. The van der Waals surface area contributed by atoms with Gasteiger partial charge in [-0.05, 0) is 19.1 Å². The quantitative estimate of drug-likeness (QED) is 0.583. The first kappa shape index (κ1) is 14.3. The van der Waals surface area contributed by atoms with Crippen LogP contribution >= 0.6 is 0 Å². The summed E-state index contributed by atoms with van der Waals surface area (Å²) in [6, 6.07) is 17.3. The Hall–Kier alpha value is -3.28. The number of benzene rings is 2. The third-order valence-corrected chi connectivity index (χ3v) is 3.93. The fraction of sp³-hybridized carbons (Fsp3) is 0.111. The highest BCUT2D eigenvalue weighted by Gasteiger charge is 2.13. The summed E-state index contributed by atoms with van der Waals surface area (Å²) in [6.45, 7) is 2.50. The molecular weight excluding hydrogens is 302 g/mol. The molecule has 2 aromatic carbocycles. The summed E-state index contributed by atoms with van der Waals surface area (Å²) in [5.74, 6) is 0.255. The van der Waals surface area contributed by atoms with Crippen LogP contribution in [0, 0.1) is 0 Å². The summed E-state index contributed by atoms with van der Waals surface area (Å²) in [6.07, 6.45) is 1.73. The van der Waals surface area contributed by atoms with Gasteiger partial charge >= 0.3 is 0 Å². The zero-order chi connectivity index (χ0) is 16.5. The van der Waals surface area contributed by atoms with Crippen molar-refractivity contribution in [3.8, 4) is 17.1 Å². The zero-order valence-electron chi connectivity index (χ0n) is 13.1. The smallest absolute Gasteiger partial charge is 0.296 e. The third-order valence-electron chi connectivity index (χ3n) is 3.93. The molecule has 6 nitrogen and oxygen atoms in total. The third kappa shape index (κ3) is 2.28. The molecule has 0 spiro atoms. The van der Waals surface area contributed by atoms with Gasteiger partial charge in [-0.1, -0.05) is 47.7 Å². The fourth-order valence-corrected chi connectivity index (χ4v) is 2.75. The molecule has 0 saturated carbocycles. The molecule has 24 heavy (non-hydrogen) atoms. The Morgan fingerprint density at radius 2 is 1.75 bits per heavy atom. The largest absolute Gasteiger partial charge is 0.304 e. The molecule has 0 fully saturated rings. The van der Waals surface area contributed by atoms with Gasteiger partial charge in [0.2, 0.25) is 5.82 Å². The summed E-state index contributed by atoms with van der Waals surface area (Å²) in [5, 5.41) is 8.26. The predicted octanol–water partition coefficient (Wildman–Crippen LogP) is 2.66. The van der Waals surface area contributed by atoms with Gasteiger partial charge in [0.25, 0.3) is 5.56 Å². The van der Waals surface area contributed by atoms with Crippen LogP contribution in [0.15, 0.2) is 65.6 Å². The highest BCUT2D eigenvalue weighted by Crippen LogP contribution is 2.17. The van der Waals surface area contributed by atoms with Crippen LogP contribution in [0.5, 0.6) is 0 Å². The molecule has 118 valence electrons. The van der Waals surface area contributed by atoms with Crippen molar-refractivity contribution in [2.75, 3.05) is 0 Å². The second-order valence-electron chi connectivity index (χ2n) is 5.39. The molecule has 0 aliphatic heterocycles. The van der Waals surface area contributed by atoms with Crippen LogP contribution in [-0.2, 0) is 6.54 Å². The highest BCUT2D eigenvalue weighted by molar-refractivity contribution is 5.75. The molecule has 0 aliphatic rings. The van der Waals surface area contributed by atoms with Crippen LogP contribution in [0.2, 0.25) is 0 Å². The molecule has 0 atom stereocenters. The van der Waals surface area contributed by atoms with Crippen molar-refractivity contribution in [2.24, 2.45) is 0 Å². The maximum absolute atomic E-state index is 12.8. The van der Waals surface area contributed by atoms with E-state index >= 15 is 0 Å². The second-order valence-corrected chi connectivity index (χ2v) is 5.39. The van der Waals surface area contributed by atoms with Crippen molar-refractivity contribution >= 4 is 11.0 Å². The van der Waals surface area contributed by atoms with Gasteiger partial charge in [0.05, 0.1) is 17.2 Å². The lowest BCUT2D eigenvalue weighted by atomic mass is 10.2. The van der Waals surface area contributed by atoms with Crippen molar-refractivity contribution in [3.05, 3.63) is 71.1 Å². The maximum atomic E-state index is 12.8. The Balaban J connectivity index is 1.90. The summed E-state index contributed by atoms with van der Waals surface area (Å²) < 4.78 is 3.14. The monoisotopic (exact) mass is 317 g/mol. The summed E-state index contributed by atoms with van der Waals surface area (Å²) in [7, 11) is 0. The van der Waals surface area contributed by atoms with E-state index in [1.54, 1.807) is 10.8 Å². The molecule has 0 amide bonds. The van der Waals surface area contributed by atoms with E-state index in [0.29, 0.717) is 12.2 Å². The summed E-state index contributed by atoms with van der Waals surface area (Å²) in [4.78, 5) is 17.3. The lowest BCUT2D eigenvalue weighted by Gasteiger charge is -2.09. The molecule has 0 saturated heterocycles. The van der Waals surface area contributed by atoms with Crippen molar-refractivity contribution in [1.29, 1.82) is 0 Å². The second kappa shape index (κ2) is 5.73. The number of aryl methyl sites for hydroxylation is 1. The van der Waals surface area contributed by atoms with Crippen LogP contribution in [0.1, 0.15) is 6.92 Å². The standard InChI is InChI=1S/C18H15N5O/c1-2-22-16-11-7-6-10-14(16)19-17(18(22)24)23-12-15(20-21-23)13-8-4-3-5-9-13/h3-12H,2H2,1H3. The van der Waals surface area contributed by atoms with E-state index < -0.39 is 0 Å². The van der Waals surface area contributed by atoms with Gasteiger partial charge in [-0.15, -0.1) is 5.10 Å². The van der Waals surface area contributed by atoms with E-state index in [4.69, 9.17) is 0 Å². The van der Waals surface area contributed by atoms with Gasteiger partial charge in [-0.3, -0.25) is 4.79 Å². The Morgan fingerprint density at radius 1 is 1.00 bits per heavy atom. The Bertz CT molecular complexity index is 1070. The predicted molar refractivity (Wildman–Crippen MR) is 92.0 cm³/mol. The van der Waals surface area contributed by atoms with E-state index in [2.05, 4.69) is 15.3 Å². The molecule has 2 heterocycles. The fourth-order valence-electron chi connectivity index (χ4n) is 2.75. The number of aromatic nitrogens is 5. The van der Waals surface area contributed by atoms with Crippen LogP contribution in [0.25, 0.3) is 28.1 Å². The first-order valence-electron chi connectivity index (χ1n) is 7.75. The average molecular weight is 317 g/mol. The Labute approximate surface area is 138 Å². The van der Waals surface area contributed by atoms with Crippen molar-refractivity contribution in [3.63, 3.8) is 0 Å². The Kier molecular flexibility index (Phi) is 3.42. The lowest BCUT2D eigenvalue weighted by molar-refractivity contribution is 0.711. The molecule has 4 aromatic rings. The van der Waals surface area contributed by atoms with Gasteiger partial charge in [0.1, 0.15) is 5.69 Å². The minimum absolute atomic E-state index is 0.180. The van der Waals surface area contributed by atoms with Gasteiger partial charge in [-0.2, -0.15) is 4.68 Å². The molecule has 2 aromatic heterocycles. The van der Waals surface area contributed by atoms with Gasteiger partial charge in [0.15, 0.2) is 0 Å². The number of hydrogen-bond donors (Lipinski definition) is 0. The van der Waals surface area contributed by atoms with E-state index in [1.807, 2.05) is 61.5 Å². The minimum Gasteiger partial charge on any atom is -0.304 e. The van der Waals surface area contributed by atoms with Crippen LogP contribution in [0.3, 0.4) is 0 Å². The zero-order valence-corrected chi connectivity index (χ0v) is 13.1. The minimum atomic E-state index is -0.180. The van der Waals surface area contributed by atoms with Gasteiger partial charge in [-0.25, -0.2) is 4.98 Å². The first-order chi connectivity index (χ1) is 11.8. The molecule has 6 heteroatoms. The van der Waals surface area contributed by atoms with E-state index in [0.717, 1.165) is 16.6 Å². The molecule has 0 radical (unpaired) electrons. The number of para-hydroxylation sites is 2. The highest BCUT2D eigenvalue weighted by atomic mass is 16.1. The number of rotatable bonds is 3. The van der Waals surface area contributed by atoms with E-state index in [-0.39, 0.29) is 11.4 Å². The van der Waals surface area contributed by atoms with Gasteiger partial charge in [0, 0.05) is 12.1 Å². The maximum Gasteiger partial charge on any atom is 0.296 e. The summed E-state index contributed by atoms with van der Waals surface area (Å²) >= 11 is 0. The van der Waals surface area contributed by atoms with Crippen molar-refractivity contribution in [2.45, 2.75) is 13.5 Å². The number of hydrogen-bond acceptors (Lipinski definition) is 4. The van der Waals surface area contributed by atoms with Crippen molar-refractivity contribution in [1.82, 2.24) is 24.5 Å². The van der Waals surface area contributed by atoms with Crippen LogP contribution < -0.4 is 5.56 Å². The SMILES string of the molecule is CCn1c(=O)c(-n2cc(-c3ccccc3)nn2)nc2ccccc21. The van der Waals surface area contributed by atoms with Crippen LogP contribution in [-0.4, -0.2) is 24.5 Å². The van der Waals surface area contributed by atoms with Gasteiger partial charge < -0.3 is 4.57 Å². The number of nitrogens with zero attached hydrogens (tertiary/aromatic N) is 5. The molecule has 0 aliphatic carbocycles.